The molecule has 168 valence electrons. The highest BCUT2D eigenvalue weighted by atomic mass is 35.5. The van der Waals surface area contributed by atoms with Crippen molar-refractivity contribution in [2.75, 3.05) is 12.4 Å². The van der Waals surface area contributed by atoms with Crippen LogP contribution in [0.15, 0.2) is 48.7 Å². The van der Waals surface area contributed by atoms with Gasteiger partial charge in [0.15, 0.2) is 0 Å². The third-order valence-corrected chi connectivity index (χ3v) is 5.77. The van der Waals surface area contributed by atoms with E-state index in [1.807, 2.05) is 39.8 Å². The molecule has 1 heterocycles. The van der Waals surface area contributed by atoms with Gasteiger partial charge in [-0.2, -0.15) is 5.10 Å². The number of carbonyl (C=O) groups excluding carboxylic acids is 2. The molecule has 0 unspecified atom stereocenters. The van der Waals surface area contributed by atoms with E-state index in [1.165, 1.54) is 6.20 Å². The van der Waals surface area contributed by atoms with E-state index in [0.717, 1.165) is 11.4 Å². The molecule has 2 amide bonds. The van der Waals surface area contributed by atoms with E-state index in [1.54, 1.807) is 47.0 Å². The van der Waals surface area contributed by atoms with Crippen LogP contribution in [-0.2, 0) is 0 Å². The van der Waals surface area contributed by atoms with Gasteiger partial charge in [0, 0.05) is 23.7 Å². The molecule has 0 spiro atoms. The monoisotopic (exact) mass is 472 g/mol. The second kappa shape index (κ2) is 9.76. The highest BCUT2D eigenvalue weighted by Gasteiger charge is 2.22. The number of nitrogens with zero attached hydrogens (tertiary/aromatic N) is 3. The minimum absolute atomic E-state index is 0.0142. The van der Waals surface area contributed by atoms with Gasteiger partial charge in [0.05, 0.1) is 33.9 Å². The number of benzene rings is 2. The molecule has 0 fully saturated rings. The minimum atomic E-state index is -0.356. The van der Waals surface area contributed by atoms with Gasteiger partial charge in [0.2, 0.25) is 0 Å². The lowest BCUT2D eigenvalue weighted by molar-refractivity contribution is 0.0754. The average molecular weight is 473 g/mol. The Morgan fingerprint density at radius 1 is 1.06 bits per heavy atom. The Balaban J connectivity index is 1.94. The number of amides is 2. The van der Waals surface area contributed by atoms with Crippen molar-refractivity contribution in [2.45, 2.75) is 39.7 Å². The van der Waals surface area contributed by atoms with Gasteiger partial charge in [-0.05, 0) is 56.2 Å². The summed E-state index contributed by atoms with van der Waals surface area (Å²) in [7, 11) is 1.74. The van der Waals surface area contributed by atoms with Crippen molar-refractivity contribution in [2.24, 2.45) is 0 Å². The van der Waals surface area contributed by atoms with Crippen LogP contribution < -0.4 is 5.32 Å². The molecule has 2 aromatic carbocycles. The predicted molar refractivity (Wildman–Crippen MR) is 129 cm³/mol. The number of hydrogen-bond donors (Lipinski definition) is 1. The maximum absolute atomic E-state index is 13.2. The number of halogens is 2. The number of nitrogens with one attached hydrogen (secondary N) is 1. The van der Waals surface area contributed by atoms with Crippen molar-refractivity contribution in [3.05, 3.63) is 75.5 Å². The van der Waals surface area contributed by atoms with Gasteiger partial charge in [-0.1, -0.05) is 43.1 Å². The van der Waals surface area contributed by atoms with E-state index in [0.29, 0.717) is 26.9 Å². The van der Waals surface area contributed by atoms with E-state index in [9.17, 15) is 9.59 Å². The highest BCUT2D eigenvalue weighted by Crippen LogP contribution is 2.28. The fraction of sp³-hybridized carbons (Fsp3) is 0.292. The maximum atomic E-state index is 13.2. The molecule has 8 heteroatoms. The lowest BCUT2D eigenvalue weighted by atomic mass is 10.0. The van der Waals surface area contributed by atoms with Crippen LogP contribution in [0.5, 0.6) is 0 Å². The minimum Gasteiger partial charge on any atom is -0.339 e. The molecule has 0 aliphatic carbocycles. The van der Waals surface area contributed by atoms with E-state index in [2.05, 4.69) is 10.4 Å². The highest BCUT2D eigenvalue weighted by molar-refractivity contribution is 6.34. The summed E-state index contributed by atoms with van der Waals surface area (Å²) in [5, 5.41) is 8.19. The number of carbonyl (C=O) groups is 2. The summed E-state index contributed by atoms with van der Waals surface area (Å²) in [6, 6.07) is 12.2. The quantitative estimate of drug-likeness (QED) is 0.475. The Labute approximate surface area is 198 Å². The fourth-order valence-corrected chi connectivity index (χ4v) is 3.63. The van der Waals surface area contributed by atoms with Gasteiger partial charge in [-0.25, -0.2) is 4.68 Å². The first kappa shape index (κ1) is 23.8. The van der Waals surface area contributed by atoms with Crippen LogP contribution in [0, 0.1) is 0 Å². The molecular formula is C24H26Cl2N4O2. The van der Waals surface area contributed by atoms with Gasteiger partial charge in [-0.15, -0.1) is 0 Å². The van der Waals surface area contributed by atoms with E-state index in [-0.39, 0.29) is 23.8 Å². The van der Waals surface area contributed by atoms with Crippen LogP contribution in [0.25, 0.3) is 5.69 Å². The van der Waals surface area contributed by atoms with Gasteiger partial charge in [-0.3, -0.25) is 9.59 Å². The van der Waals surface area contributed by atoms with Gasteiger partial charge in [0.25, 0.3) is 11.8 Å². The summed E-state index contributed by atoms with van der Waals surface area (Å²) < 4.78 is 1.71. The normalized spacial score (nSPS) is 11.2. The smallest absolute Gasteiger partial charge is 0.259 e. The summed E-state index contributed by atoms with van der Waals surface area (Å²) in [6.07, 6.45) is 1.53. The van der Waals surface area contributed by atoms with Crippen molar-refractivity contribution in [3.63, 3.8) is 0 Å². The van der Waals surface area contributed by atoms with Crippen molar-refractivity contribution >= 4 is 40.7 Å². The fourth-order valence-electron chi connectivity index (χ4n) is 3.28. The zero-order chi connectivity index (χ0) is 23.6. The van der Waals surface area contributed by atoms with Crippen LogP contribution in [-0.4, -0.2) is 39.6 Å². The molecule has 0 saturated carbocycles. The lowest BCUT2D eigenvalue weighted by Gasteiger charge is -2.22. The van der Waals surface area contributed by atoms with E-state index < -0.39 is 0 Å². The van der Waals surface area contributed by atoms with Gasteiger partial charge < -0.3 is 10.2 Å². The largest absolute Gasteiger partial charge is 0.339 e. The molecule has 1 aromatic heterocycles. The first-order valence-corrected chi connectivity index (χ1v) is 11.1. The standard InChI is InChI=1S/C24H26Cl2N4O2/c1-14(2)22-19(13-27-30(22)18-8-6-7-17(25)12-18)23(31)28-21-11-16(9-10-20(21)26)24(32)29(5)15(3)4/h6-15H,1-5H3,(H,28,31). The molecule has 1 N–H and O–H groups in total. The van der Waals surface area contributed by atoms with E-state index >= 15 is 0 Å². The molecule has 0 aliphatic rings. The second-order valence-corrected chi connectivity index (χ2v) is 8.99. The van der Waals surface area contributed by atoms with Gasteiger partial charge >= 0.3 is 0 Å². The average Bonchev–Trinajstić information content (AvgIpc) is 3.20. The summed E-state index contributed by atoms with van der Waals surface area (Å²) in [5.41, 5.74) is 2.74. The van der Waals surface area contributed by atoms with Crippen LogP contribution in [0.1, 0.15) is 60.0 Å². The van der Waals surface area contributed by atoms with E-state index in [4.69, 9.17) is 23.2 Å². The van der Waals surface area contributed by atoms with Gasteiger partial charge in [0.1, 0.15) is 0 Å². The summed E-state index contributed by atoms with van der Waals surface area (Å²) in [5.74, 6) is -0.491. The number of hydrogen-bond acceptors (Lipinski definition) is 3. The molecule has 6 nitrogen and oxygen atoms in total. The Morgan fingerprint density at radius 2 is 1.78 bits per heavy atom. The van der Waals surface area contributed by atoms with Crippen LogP contribution in [0.3, 0.4) is 0 Å². The zero-order valence-corrected chi connectivity index (χ0v) is 20.2. The Kier molecular flexibility index (Phi) is 7.26. The molecule has 0 saturated heterocycles. The Morgan fingerprint density at radius 3 is 2.41 bits per heavy atom. The Bertz CT molecular complexity index is 1150. The molecular weight excluding hydrogens is 447 g/mol. The van der Waals surface area contributed by atoms with Crippen LogP contribution in [0.2, 0.25) is 10.0 Å². The number of aromatic nitrogens is 2. The maximum Gasteiger partial charge on any atom is 0.259 e. The molecule has 0 radical (unpaired) electrons. The number of anilines is 1. The molecule has 32 heavy (non-hydrogen) atoms. The molecule has 3 aromatic rings. The van der Waals surface area contributed by atoms with Crippen molar-refractivity contribution < 1.29 is 9.59 Å². The molecule has 0 atom stereocenters. The van der Waals surface area contributed by atoms with Crippen molar-refractivity contribution in [1.82, 2.24) is 14.7 Å². The lowest BCUT2D eigenvalue weighted by Crippen LogP contribution is -2.33. The van der Waals surface area contributed by atoms with Crippen LogP contribution in [0.4, 0.5) is 5.69 Å². The summed E-state index contributed by atoms with van der Waals surface area (Å²) in [4.78, 5) is 27.5. The number of rotatable bonds is 6. The second-order valence-electron chi connectivity index (χ2n) is 8.15. The zero-order valence-electron chi connectivity index (χ0n) is 18.7. The third-order valence-electron chi connectivity index (χ3n) is 5.21. The van der Waals surface area contributed by atoms with Crippen LogP contribution >= 0.6 is 23.2 Å². The summed E-state index contributed by atoms with van der Waals surface area (Å²) >= 11 is 12.5. The molecule has 3 rings (SSSR count). The first-order valence-electron chi connectivity index (χ1n) is 10.3. The first-order chi connectivity index (χ1) is 15.1. The topological polar surface area (TPSA) is 67.2 Å². The molecule has 0 aliphatic heterocycles. The predicted octanol–water partition coefficient (Wildman–Crippen LogP) is 6.04. The van der Waals surface area contributed by atoms with Crippen molar-refractivity contribution in [3.8, 4) is 5.69 Å². The Hall–Kier alpha value is -2.83. The third kappa shape index (κ3) is 4.97. The molecule has 0 bridgehead atoms. The summed E-state index contributed by atoms with van der Waals surface area (Å²) in [6.45, 7) is 7.84. The van der Waals surface area contributed by atoms with Crippen molar-refractivity contribution in [1.29, 1.82) is 0 Å². The SMILES string of the molecule is CC(C)c1c(C(=O)Nc2cc(C(=O)N(C)C(C)C)ccc2Cl)cnn1-c1cccc(Cl)c1.